The Morgan fingerprint density at radius 2 is 1.78 bits per heavy atom. The molecule has 0 aliphatic carbocycles. The fourth-order valence-electron chi connectivity index (χ4n) is 4.73. The first-order chi connectivity index (χ1) is 17.3. The van der Waals surface area contributed by atoms with E-state index in [1.165, 1.54) is 11.6 Å². The maximum Gasteiger partial charge on any atom is 0.152 e. The summed E-state index contributed by atoms with van der Waals surface area (Å²) >= 11 is 0. The average Bonchev–Trinajstić information content (AvgIpc) is 3.23. The fraction of sp³-hybridized carbons (Fsp3) is 0.333. The van der Waals surface area contributed by atoms with Crippen LogP contribution in [0.1, 0.15) is 12.0 Å². The number of aromatic nitrogens is 3. The van der Waals surface area contributed by atoms with Crippen LogP contribution in [-0.4, -0.2) is 73.1 Å². The number of nitrogens with zero attached hydrogens (tertiary/aromatic N) is 5. The first kappa shape index (κ1) is 24.4. The molecule has 1 aliphatic heterocycles. The number of anilines is 1. The van der Waals surface area contributed by atoms with Gasteiger partial charge in [0.1, 0.15) is 11.5 Å². The van der Waals surface area contributed by atoms with Crippen molar-refractivity contribution in [3.05, 3.63) is 72.4 Å². The van der Waals surface area contributed by atoms with Gasteiger partial charge in [-0.15, -0.1) is 0 Å². The van der Waals surface area contributed by atoms with E-state index in [2.05, 4.69) is 26.7 Å². The third-order valence-electron chi connectivity index (χ3n) is 6.76. The van der Waals surface area contributed by atoms with Gasteiger partial charge in [0.2, 0.25) is 0 Å². The normalized spacial score (nSPS) is 15.9. The number of hydrogen-bond donors (Lipinski definition) is 0. The molecule has 5 rings (SSSR count). The van der Waals surface area contributed by atoms with Crippen LogP contribution in [0.15, 0.2) is 61.1 Å². The van der Waals surface area contributed by atoms with E-state index in [-0.39, 0.29) is 17.3 Å². The van der Waals surface area contributed by atoms with Gasteiger partial charge >= 0.3 is 0 Å². The quantitative estimate of drug-likeness (QED) is 0.377. The molecule has 9 heteroatoms. The molecule has 0 spiro atoms. The van der Waals surface area contributed by atoms with Crippen LogP contribution in [0.2, 0.25) is 0 Å². The van der Waals surface area contributed by atoms with Gasteiger partial charge in [0.25, 0.3) is 0 Å². The number of pyridine rings is 2. The van der Waals surface area contributed by atoms with Crippen LogP contribution in [0.25, 0.3) is 28.0 Å². The molecular weight excluding hydrogens is 477 g/mol. The topological polar surface area (TPSA) is 71.3 Å². The van der Waals surface area contributed by atoms with Crippen molar-refractivity contribution in [2.45, 2.75) is 12.8 Å². The molecule has 0 unspecified atom stereocenters. The molecule has 36 heavy (non-hydrogen) atoms. The molecule has 4 heterocycles. The molecule has 0 saturated carbocycles. The van der Waals surface area contributed by atoms with Crippen LogP contribution < -0.4 is 4.90 Å². The van der Waals surface area contributed by atoms with E-state index >= 15 is 0 Å². The van der Waals surface area contributed by atoms with Crippen LogP contribution >= 0.6 is 0 Å². The molecule has 1 aliphatic rings. The van der Waals surface area contributed by atoms with E-state index in [9.17, 15) is 12.8 Å². The number of aryl methyl sites for hydroxylation is 1. The second-order valence-electron chi connectivity index (χ2n) is 9.46. The summed E-state index contributed by atoms with van der Waals surface area (Å²) in [6.07, 6.45) is 7.40. The lowest BCUT2D eigenvalue weighted by molar-refractivity contribution is 0.292. The Kier molecular flexibility index (Phi) is 6.77. The molecular formula is C27H30FN5O2S. The molecule has 188 valence electrons. The Bertz CT molecular complexity index is 1470. The average molecular weight is 508 g/mol. The van der Waals surface area contributed by atoms with Crippen LogP contribution in [0, 0.1) is 5.82 Å². The van der Waals surface area contributed by atoms with E-state index in [1.54, 1.807) is 23.4 Å². The van der Waals surface area contributed by atoms with Gasteiger partial charge in [-0.05, 0) is 61.3 Å². The predicted molar refractivity (Wildman–Crippen MR) is 142 cm³/mol. The minimum atomic E-state index is -2.87. The fourth-order valence-corrected chi connectivity index (χ4v) is 6.00. The second-order valence-corrected chi connectivity index (χ2v) is 11.8. The van der Waals surface area contributed by atoms with Crippen molar-refractivity contribution in [3.63, 3.8) is 0 Å². The van der Waals surface area contributed by atoms with Crippen molar-refractivity contribution in [1.29, 1.82) is 0 Å². The number of hydrogen-bond acceptors (Lipinski definition) is 6. The van der Waals surface area contributed by atoms with Gasteiger partial charge in [0.15, 0.2) is 9.84 Å². The molecule has 0 atom stereocenters. The first-order valence-corrected chi connectivity index (χ1v) is 13.9. The molecule has 1 aromatic carbocycles. The zero-order valence-electron chi connectivity index (χ0n) is 20.6. The number of benzene rings is 1. The molecule has 0 bridgehead atoms. The summed E-state index contributed by atoms with van der Waals surface area (Å²) in [4.78, 5) is 13.1. The zero-order chi connectivity index (χ0) is 25.3. The third-order valence-corrected chi connectivity index (χ3v) is 8.37. The van der Waals surface area contributed by atoms with Crippen LogP contribution in [0.5, 0.6) is 0 Å². The Balaban J connectivity index is 1.44. The van der Waals surface area contributed by atoms with Crippen molar-refractivity contribution in [1.82, 2.24) is 19.4 Å². The molecule has 0 N–H and O–H groups in total. The maximum absolute atomic E-state index is 14.7. The third kappa shape index (κ3) is 5.12. The summed E-state index contributed by atoms with van der Waals surface area (Å²) in [5, 5.41) is 1.06. The number of fused-ring (bicyclic) bond motifs is 1. The van der Waals surface area contributed by atoms with Gasteiger partial charge in [-0.1, -0.05) is 6.07 Å². The van der Waals surface area contributed by atoms with Crippen molar-refractivity contribution >= 4 is 26.6 Å². The number of rotatable bonds is 7. The summed E-state index contributed by atoms with van der Waals surface area (Å²) in [6, 6.07) is 13.1. The van der Waals surface area contributed by atoms with Crippen molar-refractivity contribution < 1.29 is 12.8 Å². The van der Waals surface area contributed by atoms with E-state index in [0.29, 0.717) is 24.5 Å². The molecule has 3 aromatic heterocycles. The molecule has 0 radical (unpaired) electrons. The lowest BCUT2D eigenvalue weighted by atomic mass is 10.1. The molecule has 0 amide bonds. The van der Waals surface area contributed by atoms with E-state index in [0.717, 1.165) is 41.7 Å². The summed E-state index contributed by atoms with van der Waals surface area (Å²) in [5.74, 6) is 0.212. The smallest absolute Gasteiger partial charge is 0.152 e. The van der Waals surface area contributed by atoms with Crippen LogP contribution in [0.3, 0.4) is 0 Å². The van der Waals surface area contributed by atoms with E-state index in [4.69, 9.17) is 4.98 Å². The lowest BCUT2D eigenvalue weighted by Gasteiger charge is -2.26. The van der Waals surface area contributed by atoms with Crippen LogP contribution in [-0.2, 0) is 16.3 Å². The standard InChI is InChI=1S/C27H30FN5O2S/c1-31(2)26-8-5-20(18-24(26)28)25-7-6-23-21(4-3-13-32-14-16-36(34,35)17-15-32)19-33(27(23)30-25)22-9-11-29-12-10-22/h5-12,18-19H,3-4,13-17H2,1-2H3. The summed E-state index contributed by atoms with van der Waals surface area (Å²) in [6.45, 7) is 2.07. The zero-order valence-corrected chi connectivity index (χ0v) is 21.4. The minimum absolute atomic E-state index is 0.247. The Morgan fingerprint density at radius 3 is 2.47 bits per heavy atom. The highest BCUT2D eigenvalue weighted by Crippen LogP contribution is 2.30. The van der Waals surface area contributed by atoms with Crippen molar-refractivity contribution in [2.24, 2.45) is 0 Å². The van der Waals surface area contributed by atoms with E-state index < -0.39 is 9.84 Å². The number of halogens is 1. The maximum atomic E-state index is 14.7. The number of sulfone groups is 1. The highest BCUT2D eigenvalue weighted by atomic mass is 32.2. The van der Waals surface area contributed by atoms with Crippen molar-refractivity contribution in [3.8, 4) is 16.9 Å². The van der Waals surface area contributed by atoms with Gasteiger partial charge in [-0.25, -0.2) is 17.8 Å². The van der Waals surface area contributed by atoms with E-state index in [1.807, 2.05) is 38.4 Å². The highest BCUT2D eigenvalue weighted by Gasteiger charge is 2.21. The highest BCUT2D eigenvalue weighted by molar-refractivity contribution is 7.91. The molecule has 1 fully saturated rings. The summed E-state index contributed by atoms with van der Waals surface area (Å²) in [5.41, 5.74) is 4.93. The lowest BCUT2D eigenvalue weighted by Crippen LogP contribution is -2.40. The Morgan fingerprint density at radius 1 is 1.03 bits per heavy atom. The van der Waals surface area contributed by atoms with Gasteiger partial charge in [0, 0.05) is 56.7 Å². The molecule has 4 aromatic rings. The Labute approximate surface area is 211 Å². The summed E-state index contributed by atoms with van der Waals surface area (Å²) in [7, 11) is 0.767. The minimum Gasteiger partial charge on any atom is -0.375 e. The second kappa shape index (κ2) is 9.99. The molecule has 1 saturated heterocycles. The largest absolute Gasteiger partial charge is 0.375 e. The van der Waals surface area contributed by atoms with Gasteiger partial charge in [-0.2, -0.15) is 0 Å². The first-order valence-electron chi connectivity index (χ1n) is 12.1. The molecule has 7 nitrogen and oxygen atoms in total. The van der Waals surface area contributed by atoms with Crippen LogP contribution in [0.4, 0.5) is 10.1 Å². The van der Waals surface area contributed by atoms with Gasteiger partial charge < -0.3 is 14.4 Å². The SMILES string of the molecule is CN(C)c1ccc(-c2ccc3c(CCCN4CCS(=O)(=O)CC4)cn(-c4ccncc4)c3n2)cc1F. The Hall–Kier alpha value is -3.30. The van der Waals surface area contributed by atoms with Crippen molar-refractivity contribution in [2.75, 3.05) is 50.1 Å². The van der Waals surface area contributed by atoms with Gasteiger partial charge in [-0.3, -0.25) is 4.98 Å². The summed E-state index contributed by atoms with van der Waals surface area (Å²) < 4.78 is 40.1. The predicted octanol–water partition coefficient (Wildman–Crippen LogP) is 3.96. The monoisotopic (exact) mass is 507 g/mol. The van der Waals surface area contributed by atoms with Gasteiger partial charge in [0.05, 0.1) is 28.6 Å².